The van der Waals surface area contributed by atoms with E-state index < -0.39 is 0 Å². The molecular formula is C14H23NOS. The Balaban J connectivity index is 1.91. The van der Waals surface area contributed by atoms with Gasteiger partial charge in [-0.3, -0.25) is 0 Å². The zero-order chi connectivity index (χ0) is 12.1. The highest BCUT2D eigenvalue weighted by Crippen LogP contribution is 2.30. The Morgan fingerprint density at radius 3 is 3.00 bits per heavy atom. The number of hydrogen-bond donors (Lipinski definition) is 1. The molecule has 0 spiro atoms. The summed E-state index contributed by atoms with van der Waals surface area (Å²) in [6.45, 7) is 3.19. The molecule has 2 rings (SSSR count). The van der Waals surface area contributed by atoms with Gasteiger partial charge in [0.15, 0.2) is 0 Å². The highest BCUT2D eigenvalue weighted by atomic mass is 32.1. The Bertz CT molecular complexity index is 317. The van der Waals surface area contributed by atoms with Gasteiger partial charge in [-0.05, 0) is 68.5 Å². The topological polar surface area (TPSA) is 21.3 Å². The first-order chi connectivity index (χ1) is 8.24. The lowest BCUT2D eigenvalue weighted by molar-refractivity contribution is -0.0886. The summed E-state index contributed by atoms with van der Waals surface area (Å²) < 4.78 is 6.03. The molecule has 1 saturated heterocycles. The summed E-state index contributed by atoms with van der Waals surface area (Å²) in [5.74, 6) is 0. The Kier molecular flexibility index (Phi) is 4.60. The van der Waals surface area contributed by atoms with Crippen LogP contribution in [0.1, 0.15) is 38.2 Å². The van der Waals surface area contributed by atoms with Crippen LogP contribution < -0.4 is 5.32 Å². The van der Waals surface area contributed by atoms with Crippen LogP contribution in [0.5, 0.6) is 0 Å². The fourth-order valence-corrected chi connectivity index (χ4v) is 3.43. The SMILES string of the molecule is CNC(CCc1ccsc1)C1(C)CCCCO1. The molecule has 1 N–H and O–H groups in total. The molecule has 0 aromatic carbocycles. The lowest BCUT2D eigenvalue weighted by Gasteiger charge is -2.40. The molecule has 1 fully saturated rings. The Morgan fingerprint density at radius 2 is 2.41 bits per heavy atom. The van der Waals surface area contributed by atoms with Crippen molar-refractivity contribution in [2.75, 3.05) is 13.7 Å². The zero-order valence-corrected chi connectivity index (χ0v) is 11.7. The predicted octanol–water partition coefficient (Wildman–Crippen LogP) is 3.23. The maximum Gasteiger partial charge on any atom is 0.0806 e. The normalized spacial score (nSPS) is 26.9. The molecule has 0 saturated carbocycles. The van der Waals surface area contributed by atoms with Gasteiger partial charge in [0.25, 0.3) is 0 Å². The van der Waals surface area contributed by atoms with E-state index in [2.05, 4.69) is 36.1 Å². The van der Waals surface area contributed by atoms with Crippen molar-refractivity contribution >= 4 is 11.3 Å². The quantitative estimate of drug-likeness (QED) is 0.870. The van der Waals surface area contributed by atoms with Crippen molar-refractivity contribution in [3.63, 3.8) is 0 Å². The fourth-order valence-electron chi connectivity index (χ4n) is 2.73. The van der Waals surface area contributed by atoms with Gasteiger partial charge in [-0.2, -0.15) is 11.3 Å². The molecule has 96 valence electrons. The van der Waals surface area contributed by atoms with Gasteiger partial charge in [-0.15, -0.1) is 0 Å². The molecule has 2 unspecified atom stereocenters. The number of thiophene rings is 1. The zero-order valence-electron chi connectivity index (χ0n) is 10.9. The van der Waals surface area contributed by atoms with Crippen LogP contribution in [0.25, 0.3) is 0 Å². The van der Waals surface area contributed by atoms with Crippen LogP contribution in [-0.4, -0.2) is 25.3 Å². The van der Waals surface area contributed by atoms with Crippen molar-refractivity contribution in [2.24, 2.45) is 0 Å². The van der Waals surface area contributed by atoms with E-state index in [1.807, 2.05) is 0 Å². The maximum absolute atomic E-state index is 6.03. The molecule has 17 heavy (non-hydrogen) atoms. The van der Waals surface area contributed by atoms with E-state index in [0.29, 0.717) is 6.04 Å². The lowest BCUT2D eigenvalue weighted by Crippen LogP contribution is -2.51. The second-order valence-corrected chi connectivity index (χ2v) is 5.91. The van der Waals surface area contributed by atoms with Crippen LogP contribution in [0.4, 0.5) is 0 Å². The molecule has 1 aromatic rings. The van der Waals surface area contributed by atoms with Crippen LogP contribution in [0.3, 0.4) is 0 Å². The first-order valence-corrected chi connectivity index (χ1v) is 7.51. The Hall–Kier alpha value is -0.380. The summed E-state index contributed by atoms with van der Waals surface area (Å²) in [6.07, 6.45) is 6.00. The van der Waals surface area contributed by atoms with Crippen molar-refractivity contribution < 1.29 is 4.74 Å². The van der Waals surface area contributed by atoms with Crippen molar-refractivity contribution in [2.45, 2.75) is 50.7 Å². The summed E-state index contributed by atoms with van der Waals surface area (Å²) in [7, 11) is 2.06. The molecule has 0 amide bonds. The summed E-state index contributed by atoms with van der Waals surface area (Å²) in [5, 5.41) is 7.86. The van der Waals surface area contributed by atoms with Crippen molar-refractivity contribution in [1.29, 1.82) is 0 Å². The Morgan fingerprint density at radius 1 is 1.53 bits per heavy atom. The maximum atomic E-state index is 6.03. The minimum Gasteiger partial charge on any atom is -0.374 e. The molecule has 3 heteroatoms. The number of ether oxygens (including phenoxy) is 1. The molecule has 0 bridgehead atoms. The highest BCUT2D eigenvalue weighted by molar-refractivity contribution is 7.07. The largest absolute Gasteiger partial charge is 0.374 e. The van der Waals surface area contributed by atoms with Gasteiger partial charge in [-0.1, -0.05) is 0 Å². The first-order valence-electron chi connectivity index (χ1n) is 6.57. The van der Waals surface area contributed by atoms with Crippen molar-refractivity contribution in [1.82, 2.24) is 5.32 Å². The third-order valence-electron chi connectivity index (χ3n) is 3.89. The number of rotatable bonds is 5. The third kappa shape index (κ3) is 3.30. The molecule has 0 aliphatic carbocycles. The summed E-state index contributed by atoms with van der Waals surface area (Å²) >= 11 is 1.78. The molecule has 2 heterocycles. The van der Waals surface area contributed by atoms with E-state index >= 15 is 0 Å². The van der Waals surface area contributed by atoms with Gasteiger partial charge in [0.2, 0.25) is 0 Å². The molecule has 1 aliphatic rings. The number of likely N-dealkylation sites (N-methyl/N-ethyl adjacent to an activating group) is 1. The minimum atomic E-state index is 0.0308. The Labute approximate surface area is 108 Å². The van der Waals surface area contributed by atoms with Crippen molar-refractivity contribution in [3.8, 4) is 0 Å². The van der Waals surface area contributed by atoms with Crippen molar-refractivity contribution in [3.05, 3.63) is 22.4 Å². The molecule has 2 nitrogen and oxygen atoms in total. The van der Waals surface area contributed by atoms with E-state index in [-0.39, 0.29) is 5.60 Å². The number of nitrogens with one attached hydrogen (secondary N) is 1. The van der Waals surface area contributed by atoms with Crippen LogP contribution >= 0.6 is 11.3 Å². The minimum absolute atomic E-state index is 0.0308. The van der Waals surface area contributed by atoms with Gasteiger partial charge in [0, 0.05) is 12.6 Å². The van der Waals surface area contributed by atoms with Gasteiger partial charge in [0.05, 0.1) is 5.60 Å². The third-order valence-corrected chi connectivity index (χ3v) is 4.62. The van der Waals surface area contributed by atoms with E-state index in [4.69, 9.17) is 4.74 Å². The average molecular weight is 253 g/mol. The van der Waals surface area contributed by atoms with Crippen LogP contribution in [0, 0.1) is 0 Å². The number of hydrogen-bond acceptors (Lipinski definition) is 3. The fraction of sp³-hybridized carbons (Fsp3) is 0.714. The van der Waals surface area contributed by atoms with Crippen LogP contribution in [-0.2, 0) is 11.2 Å². The van der Waals surface area contributed by atoms with E-state index in [1.54, 1.807) is 11.3 Å². The van der Waals surface area contributed by atoms with Crippen LogP contribution in [0.15, 0.2) is 16.8 Å². The standard InChI is InChI=1S/C14H23NOS/c1-14(8-3-4-9-16-14)13(15-2)6-5-12-7-10-17-11-12/h7,10-11,13,15H,3-6,8-9H2,1-2H3. The van der Waals surface area contributed by atoms with Gasteiger partial charge in [-0.25, -0.2) is 0 Å². The number of aryl methyl sites for hydroxylation is 1. The van der Waals surface area contributed by atoms with Gasteiger partial charge < -0.3 is 10.1 Å². The highest BCUT2D eigenvalue weighted by Gasteiger charge is 2.35. The average Bonchev–Trinajstić information content (AvgIpc) is 2.83. The smallest absolute Gasteiger partial charge is 0.0806 e. The molecule has 2 atom stereocenters. The molecule has 1 aliphatic heterocycles. The summed E-state index contributed by atoms with van der Waals surface area (Å²) in [4.78, 5) is 0. The predicted molar refractivity (Wildman–Crippen MR) is 73.7 cm³/mol. The summed E-state index contributed by atoms with van der Waals surface area (Å²) in [5.41, 5.74) is 1.48. The first kappa shape index (κ1) is 13.1. The van der Waals surface area contributed by atoms with Gasteiger partial charge >= 0.3 is 0 Å². The second kappa shape index (κ2) is 5.98. The van der Waals surface area contributed by atoms with E-state index in [9.17, 15) is 0 Å². The second-order valence-electron chi connectivity index (χ2n) is 5.13. The summed E-state index contributed by atoms with van der Waals surface area (Å²) in [6, 6.07) is 2.68. The molecular weight excluding hydrogens is 230 g/mol. The van der Waals surface area contributed by atoms with Gasteiger partial charge in [0.1, 0.15) is 0 Å². The molecule has 0 radical (unpaired) electrons. The van der Waals surface area contributed by atoms with Crippen LogP contribution in [0.2, 0.25) is 0 Å². The van der Waals surface area contributed by atoms with E-state index in [0.717, 1.165) is 19.4 Å². The molecule has 1 aromatic heterocycles. The van der Waals surface area contributed by atoms with E-state index in [1.165, 1.54) is 24.8 Å². The monoisotopic (exact) mass is 253 g/mol. The lowest BCUT2D eigenvalue weighted by atomic mass is 9.85.